The summed E-state index contributed by atoms with van der Waals surface area (Å²) in [6.45, 7) is 8.40. The van der Waals surface area contributed by atoms with Crippen molar-refractivity contribution < 1.29 is 33.7 Å². The first-order chi connectivity index (χ1) is 19.5. The first-order valence-electron chi connectivity index (χ1n) is 13.5. The molecule has 10 nitrogen and oxygen atoms in total. The van der Waals surface area contributed by atoms with E-state index in [1.807, 2.05) is 0 Å². The first-order valence-corrected chi connectivity index (χ1v) is 13.5. The number of carbonyl (C=O) groups is 3. The molecule has 1 spiro atoms. The maximum atomic E-state index is 14.4. The first kappa shape index (κ1) is 26.1. The number of ketones is 1. The Hall–Kier alpha value is -4.15. The Labute approximate surface area is 232 Å². The number of rotatable bonds is 7. The zero-order valence-corrected chi connectivity index (χ0v) is 22.1. The van der Waals surface area contributed by atoms with E-state index < -0.39 is 28.9 Å². The van der Waals surface area contributed by atoms with Crippen LogP contribution in [-0.2, 0) is 24.7 Å². The highest BCUT2D eigenvalue weighted by Gasteiger charge is 2.66. The Morgan fingerprint density at radius 2 is 1.73 bits per heavy atom. The summed E-state index contributed by atoms with van der Waals surface area (Å²) in [5.74, 6) is -1.70. The molecular weight excluding hydrogens is 514 g/mol. The lowest BCUT2D eigenvalue weighted by atomic mass is 9.81. The molecule has 2 amide bonds. The van der Waals surface area contributed by atoms with Gasteiger partial charge in [0.25, 0.3) is 17.6 Å². The van der Waals surface area contributed by atoms with Gasteiger partial charge >= 0.3 is 0 Å². The van der Waals surface area contributed by atoms with Crippen LogP contribution < -0.4 is 14.4 Å². The molecule has 0 aliphatic carbocycles. The van der Waals surface area contributed by atoms with Gasteiger partial charge in [0.1, 0.15) is 19.0 Å². The van der Waals surface area contributed by atoms with Gasteiger partial charge in [0.15, 0.2) is 17.0 Å². The number of anilines is 1. The van der Waals surface area contributed by atoms with Gasteiger partial charge in [-0.2, -0.15) is 0 Å². The van der Waals surface area contributed by atoms with Crippen LogP contribution in [0.1, 0.15) is 17.5 Å². The zero-order valence-electron chi connectivity index (χ0n) is 22.1. The lowest BCUT2D eigenvalue weighted by Crippen LogP contribution is -2.52. The second-order valence-corrected chi connectivity index (χ2v) is 10.1. The van der Waals surface area contributed by atoms with Crippen molar-refractivity contribution in [3.63, 3.8) is 0 Å². The number of likely N-dealkylation sites (tertiary alicyclic amines) is 1. The van der Waals surface area contributed by atoms with Gasteiger partial charge in [-0.3, -0.25) is 19.3 Å². The Balaban J connectivity index is 1.49. The van der Waals surface area contributed by atoms with E-state index in [0.29, 0.717) is 62.1 Å². The fourth-order valence-electron chi connectivity index (χ4n) is 6.09. The molecular formula is C30H31N3O7. The average Bonchev–Trinajstić information content (AvgIpc) is 3.36. The van der Waals surface area contributed by atoms with Crippen LogP contribution in [-0.4, -0.2) is 91.7 Å². The summed E-state index contributed by atoms with van der Waals surface area (Å²) in [4.78, 5) is 47.0. The van der Waals surface area contributed by atoms with Gasteiger partial charge in [-0.1, -0.05) is 24.3 Å². The van der Waals surface area contributed by atoms with E-state index in [2.05, 4.69) is 11.5 Å². The Bertz CT molecular complexity index is 1410. The molecule has 10 heteroatoms. The predicted octanol–water partition coefficient (Wildman–Crippen LogP) is 2.29. The van der Waals surface area contributed by atoms with Crippen molar-refractivity contribution in [1.82, 2.24) is 9.80 Å². The number of aliphatic hydroxyl groups excluding tert-OH is 1. The molecule has 2 fully saturated rings. The number of aliphatic hydroxyl groups is 1. The molecule has 0 aromatic heterocycles. The lowest BCUT2D eigenvalue weighted by molar-refractivity contribution is -0.143. The quantitative estimate of drug-likeness (QED) is 0.244. The van der Waals surface area contributed by atoms with E-state index in [9.17, 15) is 19.5 Å². The predicted molar refractivity (Wildman–Crippen MR) is 146 cm³/mol. The van der Waals surface area contributed by atoms with Gasteiger partial charge in [0.05, 0.1) is 24.5 Å². The average molecular weight is 546 g/mol. The molecule has 2 aromatic rings. The third-order valence-electron chi connectivity index (χ3n) is 7.90. The fraction of sp³-hybridized carbons (Fsp3) is 0.367. The highest BCUT2D eigenvalue weighted by atomic mass is 16.6. The molecule has 4 heterocycles. The highest BCUT2D eigenvalue weighted by Crippen LogP contribution is 2.53. The molecule has 1 N–H and O–H groups in total. The second-order valence-electron chi connectivity index (χ2n) is 10.1. The summed E-state index contributed by atoms with van der Waals surface area (Å²) in [6, 6.07) is 11.9. The number of morpholine rings is 1. The van der Waals surface area contributed by atoms with Crippen molar-refractivity contribution in [2.24, 2.45) is 0 Å². The maximum Gasteiger partial charge on any atom is 0.296 e. The fourth-order valence-corrected chi connectivity index (χ4v) is 6.09. The normalized spacial score (nSPS) is 23.6. The van der Waals surface area contributed by atoms with Crippen LogP contribution >= 0.6 is 0 Å². The molecule has 0 bridgehead atoms. The van der Waals surface area contributed by atoms with Gasteiger partial charge in [-0.05, 0) is 30.7 Å². The number of nitrogens with zero attached hydrogens (tertiary/aromatic N) is 3. The molecule has 0 radical (unpaired) electrons. The van der Waals surface area contributed by atoms with Gasteiger partial charge in [-0.15, -0.1) is 6.58 Å². The minimum absolute atomic E-state index is 0.155. The number of carbonyl (C=O) groups excluding carboxylic acids is 3. The third-order valence-corrected chi connectivity index (χ3v) is 7.90. The summed E-state index contributed by atoms with van der Waals surface area (Å²) in [5, 5.41) is 11.7. The largest absolute Gasteiger partial charge is 0.507 e. The van der Waals surface area contributed by atoms with Gasteiger partial charge < -0.3 is 29.1 Å². The van der Waals surface area contributed by atoms with Crippen molar-refractivity contribution >= 4 is 29.0 Å². The van der Waals surface area contributed by atoms with E-state index in [1.165, 1.54) is 9.80 Å². The Kier molecular flexibility index (Phi) is 6.81. The molecule has 0 unspecified atom stereocenters. The SMILES string of the molecule is C=CCN1C(=O)[C@]2(C(=C(O)c3ccc4c(c3)OCCO4)C(=O)C(=O)N2CCCN2CCOCC2)c2ccccc21. The minimum Gasteiger partial charge on any atom is -0.507 e. The number of hydrogen-bond acceptors (Lipinski definition) is 8. The zero-order chi connectivity index (χ0) is 27.9. The number of benzene rings is 2. The smallest absolute Gasteiger partial charge is 0.296 e. The lowest BCUT2D eigenvalue weighted by Gasteiger charge is -2.35. The molecule has 0 saturated carbocycles. The molecule has 40 heavy (non-hydrogen) atoms. The van der Waals surface area contributed by atoms with Crippen LogP contribution in [0.5, 0.6) is 11.5 Å². The van der Waals surface area contributed by atoms with E-state index in [4.69, 9.17) is 14.2 Å². The number of hydrogen-bond donors (Lipinski definition) is 1. The summed E-state index contributed by atoms with van der Waals surface area (Å²) >= 11 is 0. The van der Waals surface area contributed by atoms with Gasteiger partial charge in [0, 0.05) is 43.9 Å². The van der Waals surface area contributed by atoms with Crippen LogP contribution in [0.4, 0.5) is 5.69 Å². The summed E-state index contributed by atoms with van der Waals surface area (Å²) in [6.07, 6.45) is 2.13. The van der Waals surface area contributed by atoms with E-state index in [1.54, 1.807) is 48.5 Å². The van der Waals surface area contributed by atoms with Crippen molar-refractivity contribution in [2.45, 2.75) is 12.0 Å². The van der Waals surface area contributed by atoms with Crippen LogP contribution in [0.25, 0.3) is 5.76 Å². The summed E-state index contributed by atoms with van der Waals surface area (Å²) in [5.41, 5.74) is -0.755. The van der Waals surface area contributed by atoms with Crippen molar-refractivity contribution in [2.75, 3.05) is 64.1 Å². The molecule has 208 valence electrons. The number of amides is 2. The summed E-state index contributed by atoms with van der Waals surface area (Å²) in [7, 11) is 0. The van der Waals surface area contributed by atoms with Crippen LogP contribution in [0.15, 0.2) is 60.7 Å². The number of fused-ring (bicyclic) bond motifs is 3. The van der Waals surface area contributed by atoms with Crippen LogP contribution in [0, 0.1) is 0 Å². The topological polar surface area (TPSA) is 109 Å². The van der Waals surface area contributed by atoms with Crippen molar-refractivity contribution in [3.8, 4) is 11.5 Å². The molecule has 4 aliphatic rings. The van der Waals surface area contributed by atoms with Crippen LogP contribution in [0.2, 0.25) is 0 Å². The van der Waals surface area contributed by atoms with Gasteiger partial charge in [0.2, 0.25) is 0 Å². The molecule has 2 aromatic carbocycles. The number of ether oxygens (including phenoxy) is 3. The maximum absolute atomic E-state index is 14.4. The Morgan fingerprint density at radius 3 is 2.50 bits per heavy atom. The number of Topliss-reactive ketones (excluding diaryl/α,β-unsaturated/α-hetero) is 1. The van der Waals surface area contributed by atoms with E-state index in [-0.39, 0.29) is 24.2 Å². The molecule has 2 saturated heterocycles. The number of para-hydroxylation sites is 1. The molecule has 6 rings (SSSR count). The highest BCUT2D eigenvalue weighted by molar-refractivity contribution is 6.50. The van der Waals surface area contributed by atoms with Crippen molar-refractivity contribution in [1.29, 1.82) is 0 Å². The van der Waals surface area contributed by atoms with E-state index in [0.717, 1.165) is 13.1 Å². The third kappa shape index (κ3) is 3.98. The molecule has 4 aliphatic heterocycles. The van der Waals surface area contributed by atoms with Crippen LogP contribution in [0.3, 0.4) is 0 Å². The van der Waals surface area contributed by atoms with E-state index >= 15 is 0 Å². The monoisotopic (exact) mass is 545 g/mol. The second kappa shape index (κ2) is 10.4. The Morgan fingerprint density at radius 1 is 0.975 bits per heavy atom. The standard InChI is InChI=1S/C30H31N3O7/c1-2-10-32-22-7-4-3-6-21(22)30(29(32)37)25(26(34)20-8-9-23-24(19-20)40-18-17-39-23)27(35)28(36)33(30)12-5-11-31-13-15-38-16-14-31/h2-4,6-9,19,34H,1,5,10-18H2/t30-/m1/s1. The van der Waals surface area contributed by atoms with Gasteiger partial charge in [-0.25, -0.2) is 0 Å². The molecule has 1 atom stereocenters. The minimum atomic E-state index is -1.81. The van der Waals surface area contributed by atoms with Crippen molar-refractivity contribution in [3.05, 3.63) is 71.8 Å². The summed E-state index contributed by atoms with van der Waals surface area (Å²) < 4.78 is 16.7.